The highest BCUT2D eigenvalue weighted by Gasteiger charge is 2.23. The molecule has 1 aromatic heterocycles. The van der Waals surface area contributed by atoms with Gasteiger partial charge in [-0.3, -0.25) is 4.79 Å². The molecule has 7 heteroatoms. The first kappa shape index (κ1) is 22.0. The minimum absolute atomic E-state index is 0.00661. The van der Waals surface area contributed by atoms with E-state index < -0.39 is 11.6 Å². The fraction of sp³-hybridized carbons (Fsp3) is 0.320. The van der Waals surface area contributed by atoms with Crippen molar-refractivity contribution in [3.05, 3.63) is 76.1 Å². The van der Waals surface area contributed by atoms with Gasteiger partial charge in [0.2, 0.25) is 5.91 Å². The van der Waals surface area contributed by atoms with Crippen LogP contribution in [0.2, 0.25) is 0 Å². The summed E-state index contributed by atoms with van der Waals surface area (Å²) in [6, 6.07) is 9.28. The number of fused-ring (bicyclic) bond motifs is 3. The largest absolute Gasteiger partial charge is 0.392 e. The first-order valence-corrected chi connectivity index (χ1v) is 10.7. The average Bonchev–Trinajstić information content (AvgIpc) is 2.76. The highest BCUT2D eigenvalue weighted by molar-refractivity contribution is 5.92. The number of aromatic nitrogens is 2. The number of rotatable bonds is 6. The van der Waals surface area contributed by atoms with Crippen LogP contribution < -0.4 is 5.32 Å². The van der Waals surface area contributed by atoms with Crippen molar-refractivity contribution >= 4 is 11.7 Å². The maximum Gasteiger partial charge on any atom is 0.229 e. The van der Waals surface area contributed by atoms with E-state index in [1.807, 2.05) is 18.2 Å². The van der Waals surface area contributed by atoms with Gasteiger partial charge in [0.1, 0.15) is 0 Å². The van der Waals surface area contributed by atoms with Crippen molar-refractivity contribution in [2.75, 3.05) is 5.32 Å². The molecule has 0 saturated carbocycles. The van der Waals surface area contributed by atoms with Crippen LogP contribution in [0, 0.1) is 17.6 Å². The monoisotopic (exact) mass is 437 g/mol. The van der Waals surface area contributed by atoms with Crippen LogP contribution in [0.3, 0.4) is 0 Å². The number of halogens is 2. The van der Waals surface area contributed by atoms with Crippen LogP contribution in [0.1, 0.15) is 41.9 Å². The number of amides is 1. The van der Waals surface area contributed by atoms with Crippen LogP contribution in [0.4, 0.5) is 14.6 Å². The van der Waals surface area contributed by atoms with Crippen LogP contribution in [-0.4, -0.2) is 21.0 Å². The summed E-state index contributed by atoms with van der Waals surface area (Å²) in [6.45, 7) is 4.12. The maximum atomic E-state index is 13.5. The zero-order valence-corrected chi connectivity index (χ0v) is 18.1. The van der Waals surface area contributed by atoms with Crippen molar-refractivity contribution in [2.24, 2.45) is 5.92 Å². The van der Waals surface area contributed by atoms with Crippen LogP contribution in [0.25, 0.3) is 11.3 Å². The van der Waals surface area contributed by atoms with Crippen molar-refractivity contribution < 1.29 is 18.7 Å². The molecule has 0 aliphatic heterocycles. The van der Waals surface area contributed by atoms with E-state index in [0.29, 0.717) is 35.8 Å². The number of hydrogen-bond acceptors (Lipinski definition) is 4. The number of carbonyl (C=O) groups is 1. The number of hydrogen-bond donors (Lipinski definition) is 2. The number of aliphatic hydroxyl groups excluding tert-OH is 1. The van der Waals surface area contributed by atoms with E-state index in [1.54, 1.807) is 0 Å². The summed E-state index contributed by atoms with van der Waals surface area (Å²) in [7, 11) is 0. The molecule has 1 heterocycles. The van der Waals surface area contributed by atoms with Crippen molar-refractivity contribution in [3.8, 4) is 11.3 Å². The number of anilines is 1. The molecule has 1 aliphatic carbocycles. The summed E-state index contributed by atoms with van der Waals surface area (Å²) in [4.78, 5) is 22.3. The topological polar surface area (TPSA) is 75.1 Å². The lowest BCUT2D eigenvalue weighted by molar-refractivity contribution is -0.115. The Balaban J connectivity index is 1.64. The standard InChI is InChI=1S/C25H25F2N3O2/c1-14(2)9-22-25(30-23(32)12-15-4-7-19(26)20(27)11-15)29-21-8-5-17-10-16(13-31)3-6-18(17)24(21)28-22/h3-4,6-7,10-11,14,31H,5,8-9,12-13H2,1-2H3,(H,29,30,32). The third-order valence-corrected chi connectivity index (χ3v) is 5.49. The smallest absolute Gasteiger partial charge is 0.229 e. The van der Waals surface area contributed by atoms with E-state index in [2.05, 4.69) is 19.2 Å². The van der Waals surface area contributed by atoms with Gasteiger partial charge in [-0.1, -0.05) is 38.1 Å². The van der Waals surface area contributed by atoms with Crippen LogP contribution >= 0.6 is 0 Å². The van der Waals surface area contributed by atoms with Gasteiger partial charge < -0.3 is 10.4 Å². The van der Waals surface area contributed by atoms with Gasteiger partial charge in [-0.25, -0.2) is 18.7 Å². The van der Waals surface area contributed by atoms with E-state index in [0.717, 1.165) is 46.6 Å². The van der Waals surface area contributed by atoms with E-state index in [4.69, 9.17) is 9.97 Å². The molecule has 5 nitrogen and oxygen atoms in total. The molecule has 166 valence electrons. The number of benzene rings is 2. The molecule has 0 radical (unpaired) electrons. The summed E-state index contributed by atoms with van der Waals surface area (Å²) in [5, 5.41) is 12.3. The zero-order valence-electron chi connectivity index (χ0n) is 18.1. The number of nitrogens with zero attached hydrogens (tertiary/aromatic N) is 2. The molecule has 32 heavy (non-hydrogen) atoms. The average molecular weight is 437 g/mol. The van der Waals surface area contributed by atoms with Gasteiger partial charge in [-0.05, 0) is 54.0 Å². The quantitative estimate of drug-likeness (QED) is 0.600. The Hall–Kier alpha value is -3.19. The summed E-state index contributed by atoms with van der Waals surface area (Å²) in [6.07, 6.45) is 1.99. The second-order valence-electron chi connectivity index (χ2n) is 8.54. The van der Waals surface area contributed by atoms with Crippen molar-refractivity contribution in [1.29, 1.82) is 0 Å². The van der Waals surface area contributed by atoms with E-state index >= 15 is 0 Å². The molecule has 0 unspecified atom stereocenters. The third-order valence-electron chi connectivity index (χ3n) is 5.49. The van der Waals surface area contributed by atoms with E-state index in [-0.39, 0.29) is 18.9 Å². The second-order valence-corrected chi connectivity index (χ2v) is 8.54. The number of nitrogens with one attached hydrogen (secondary N) is 1. The Bertz CT molecular complexity index is 1180. The van der Waals surface area contributed by atoms with Gasteiger partial charge in [0.25, 0.3) is 0 Å². The van der Waals surface area contributed by atoms with Crippen molar-refractivity contribution in [1.82, 2.24) is 9.97 Å². The molecule has 0 saturated heterocycles. The van der Waals surface area contributed by atoms with Crippen LogP contribution in [0.15, 0.2) is 36.4 Å². The lowest BCUT2D eigenvalue weighted by Crippen LogP contribution is -2.20. The van der Waals surface area contributed by atoms with Gasteiger partial charge >= 0.3 is 0 Å². The van der Waals surface area contributed by atoms with E-state index in [1.165, 1.54) is 6.07 Å². The Morgan fingerprint density at radius 2 is 1.84 bits per heavy atom. The van der Waals surface area contributed by atoms with Gasteiger partial charge in [0.05, 0.1) is 30.1 Å². The summed E-state index contributed by atoms with van der Waals surface area (Å²) >= 11 is 0. The molecule has 2 N–H and O–H groups in total. The fourth-order valence-corrected chi connectivity index (χ4v) is 3.97. The molecular formula is C25H25F2N3O2. The molecule has 1 aliphatic rings. The summed E-state index contributed by atoms with van der Waals surface area (Å²) < 4.78 is 26.6. The minimum atomic E-state index is -0.979. The van der Waals surface area contributed by atoms with Crippen molar-refractivity contribution in [3.63, 3.8) is 0 Å². The third kappa shape index (κ3) is 4.67. The Labute approximate surface area is 185 Å². The predicted molar refractivity (Wildman–Crippen MR) is 118 cm³/mol. The lowest BCUT2D eigenvalue weighted by Gasteiger charge is -2.22. The molecule has 0 fully saturated rings. The Kier molecular flexibility index (Phi) is 6.28. The van der Waals surface area contributed by atoms with Crippen LogP contribution in [-0.2, 0) is 37.1 Å². The molecule has 0 spiro atoms. The van der Waals surface area contributed by atoms with E-state index in [9.17, 15) is 18.7 Å². The first-order chi connectivity index (χ1) is 15.3. The summed E-state index contributed by atoms with van der Waals surface area (Å²) in [5.41, 5.74) is 5.69. The fourth-order valence-electron chi connectivity index (χ4n) is 3.97. The zero-order chi connectivity index (χ0) is 22.8. The molecule has 4 rings (SSSR count). The predicted octanol–water partition coefficient (Wildman–Crippen LogP) is 4.39. The SMILES string of the molecule is CC(C)Cc1nc2c(nc1NC(=O)Cc1ccc(F)c(F)c1)CCc1cc(CO)ccc1-2. The minimum Gasteiger partial charge on any atom is -0.392 e. The normalized spacial score (nSPS) is 12.4. The highest BCUT2D eigenvalue weighted by atomic mass is 19.2. The molecule has 1 amide bonds. The molecule has 3 aromatic rings. The number of aliphatic hydroxyl groups is 1. The molecule has 0 atom stereocenters. The van der Waals surface area contributed by atoms with Gasteiger partial charge in [-0.2, -0.15) is 0 Å². The highest BCUT2D eigenvalue weighted by Crippen LogP contribution is 2.34. The van der Waals surface area contributed by atoms with Crippen LogP contribution in [0.5, 0.6) is 0 Å². The summed E-state index contributed by atoms with van der Waals surface area (Å²) in [5.74, 6) is -1.57. The second kappa shape index (κ2) is 9.12. The number of aryl methyl sites for hydroxylation is 2. The van der Waals surface area contributed by atoms with Crippen molar-refractivity contribution in [2.45, 2.75) is 46.1 Å². The lowest BCUT2D eigenvalue weighted by atomic mass is 9.90. The molecule has 2 aromatic carbocycles. The maximum absolute atomic E-state index is 13.5. The molecular weight excluding hydrogens is 412 g/mol. The van der Waals surface area contributed by atoms with Gasteiger partial charge in [0.15, 0.2) is 17.5 Å². The first-order valence-electron chi connectivity index (χ1n) is 10.7. The van der Waals surface area contributed by atoms with Gasteiger partial charge in [-0.15, -0.1) is 0 Å². The van der Waals surface area contributed by atoms with Gasteiger partial charge in [0, 0.05) is 5.56 Å². The molecule has 0 bridgehead atoms. The Morgan fingerprint density at radius 1 is 1.06 bits per heavy atom. The Morgan fingerprint density at radius 3 is 2.56 bits per heavy atom. The number of carbonyl (C=O) groups excluding carboxylic acids is 1.